The van der Waals surface area contributed by atoms with Crippen LogP contribution < -0.4 is 5.73 Å². The molecule has 0 radical (unpaired) electrons. The lowest BCUT2D eigenvalue weighted by atomic mass is 10.2. The van der Waals surface area contributed by atoms with Crippen LogP contribution in [0.4, 0.5) is 5.82 Å². The predicted octanol–water partition coefficient (Wildman–Crippen LogP) is 1.71. The van der Waals surface area contributed by atoms with Gasteiger partial charge in [-0.05, 0) is 26.1 Å². The molecule has 0 unspecified atom stereocenters. The molecule has 4 nitrogen and oxygen atoms in total. The lowest BCUT2D eigenvalue weighted by Crippen LogP contribution is -2.12. The number of anilines is 1. The Labute approximate surface area is 101 Å². The van der Waals surface area contributed by atoms with E-state index in [0.717, 1.165) is 30.3 Å². The number of hydrogen-bond donors (Lipinski definition) is 1. The smallest absolute Gasteiger partial charge is 0.132 e. The second-order valence-corrected chi connectivity index (χ2v) is 4.73. The van der Waals surface area contributed by atoms with Gasteiger partial charge in [0.2, 0.25) is 0 Å². The molecule has 0 fully saturated rings. The first kappa shape index (κ1) is 10.4. The van der Waals surface area contributed by atoms with Crippen molar-refractivity contribution in [3.63, 3.8) is 0 Å². The van der Waals surface area contributed by atoms with Gasteiger partial charge in [-0.3, -0.25) is 4.90 Å². The summed E-state index contributed by atoms with van der Waals surface area (Å²) in [6, 6.07) is 8.26. The molecule has 1 aliphatic heterocycles. The van der Waals surface area contributed by atoms with E-state index in [2.05, 4.69) is 48.2 Å². The van der Waals surface area contributed by atoms with E-state index in [1.807, 2.05) is 4.68 Å². The van der Waals surface area contributed by atoms with Crippen LogP contribution in [-0.4, -0.2) is 21.7 Å². The van der Waals surface area contributed by atoms with Gasteiger partial charge in [-0.25, -0.2) is 4.68 Å². The van der Waals surface area contributed by atoms with Crippen LogP contribution in [0.3, 0.4) is 0 Å². The SMILES string of the molecule is Cc1ccc(-n2nc3c(c2N)CN(C)C3)cc1. The molecule has 0 amide bonds. The highest BCUT2D eigenvalue weighted by Crippen LogP contribution is 2.28. The molecule has 88 valence electrons. The normalized spacial score (nSPS) is 15.2. The minimum absolute atomic E-state index is 0.771. The largest absolute Gasteiger partial charge is 0.383 e. The molecule has 4 heteroatoms. The Bertz CT molecular complexity index is 554. The summed E-state index contributed by atoms with van der Waals surface area (Å²) in [7, 11) is 2.08. The highest BCUT2D eigenvalue weighted by atomic mass is 15.3. The zero-order valence-corrected chi connectivity index (χ0v) is 10.1. The molecule has 17 heavy (non-hydrogen) atoms. The molecule has 0 saturated carbocycles. The van der Waals surface area contributed by atoms with Crippen LogP contribution in [0.15, 0.2) is 24.3 Å². The highest BCUT2D eigenvalue weighted by molar-refractivity contribution is 5.51. The minimum Gasteiger partial charge on any atom is -0.383 e. The molecule has 1 aromatic carbocycles. The molecule has 0 spiro atoms. The Balaban J connectivity index is 2.06. The fourth-order valence-corrected chi connectivity index (χ4v) is 2.27. The number of rotatable bonds is 1. The van der Waals surface area contributed by atoms with Gasteiger partial charge in [-0.1, -0.05) is 17.7 Å². The van der Waals surface area contributed by atoms with Crippen molar-refractivity contribution in [1.29, 1.82) is 0 Å². The van der Waals surface area contributed by atoms with Crippen molar-refractivity contribution in [1.82, 2.24) is 14.7 Å². The Hall–Kier alpha value is -1.81. The molecule has 0 atom stereocenters. The van der Waals surface area contributed by atoms with E-state index in [1.165, 1.54) is 11.1 Å². The van der Waals surface area contributed by atoms with Crippen LogP contribution in [0.25, 0.3) is 5.69 Å². The zero-order chi connectivity index (χ0) is 12.0. The van der Waals surface area contributed by atoms with Gasteiger partial charge in [-0.15, -0.1) is 0 Å². The van der Waals surface area contributed by atoms with E-state index in [-0.39, 0.29) is 0 Å². The van der Waals surface area contributed by atoms with E-state index in [4.69, 9.17) is 5.73 Å². The van der Waals surface area contributed by atoms with E-state index in [9.17, 15) is 0 Å². The van der Waals surface area contributed by atoms with Crippen LogP contribution in [0.1, 0.15) is 16.8 Å². The molecule has 2 heterocycles. The molecule has 0 aliphatic carbocycles. The number of nitrogens with zero attached hydrogens (tertiary/aromatic N) is 3. The van der Waals surface area contributed by atoms with Gasteiger partial charge in [0.15, 0.2) is 0 Å². The lowest BCUT2D eigenvalue weighted by molar-refractivity contribution is 0.348. The van der Waals surface area contributed by atoms with Crippen molar-refractivity contribution in [3.05, 3.63) is 41.1 Å². The summed E-state index contributed by atoms with van der Waals surface area (Å²) in [6.45, 7) is 3.86. The Morgan fingerprint density at radius 2 is 1.88 bits per heavy atom. The van der Waals surface area contributed by atoms with Gasteiger partial charge >= 0.3 is 0 Å². The van der Waals surface area contributed by atoms with Crippen molar-refractivity contribution < 1.29 is 0 Å². The standard InChI is InChI=1S/C13H16N4/c1-9-3-5-10(6-4-9)17-13(14)11-7-16(2)8-12(11)15-17/h3-6H,7-8,14H2,1-2H3. The van der Waals surface area contributed by atoms with Crippen molar-refractivity contribution in [2.45, 2.75) is 20.0 Å². The second-order valence-electron chi connectivity index (χ2n) is 4.73. The molecule has 1 aliphatic rings. The first-order valence-electron chi connectivity index (χ1n) is 5.77. The summed E-state index contributed by atoms with van der Waals surface area (Å²) < 4.78 is 1.84. The minimum atomic E-state index is 0.771. The first-order chi connectivity index (χ1) is 8.15. The molecular weight excluding hydrogens is 212 g/mol. The van der Waals surface area contributed by atoms with Gasteiger partial charge in [0.25, 0.3) is 0 Å². The van der Waals surface area contributed by atoms with Crippen LogP contribution in [0.2, 0.25) is 0 Å². The number of benzene rings is 1. The number of hydrogen-bond acceptors (Lipinski definition) is 3. The maximum absolute atomic E-state index is 6.16. The second kappa shape index (κ2) is 3.60. The summed E-state index contributed by atoms with van der Waals surface area (Å²) in [5.41, 5.74) is 10.7. The number of nitrogen functional groups attached to an aromatic ring is 1. The monoisotopic (exact) mass is 228 g/mol. The van der Waals surface area contributed by atoms with Crippen molar-refractivity contribution in [2.75, 3.05) is 12.8 Å². The average molecular weight is 228 g/mol. The van der Waals surface area contributed by atoms with Crippen molar-refractivity contribution >= 4 is 5.82 Å². The van der Waals surface area contributed by atoms with Gasteiger partial charge in [0.05, 0.1) is 11.4 Å². The number of aryl methyl sites for hydroxylation is 1. The van der Waals surface area contributed by atoms with Crippen LogP contribution in [-0.2, 0) is 13.1 Å². The third-order valence-corrected chi connectivity index (χ3v) is 3.23. The number of aromatic nitrogens is 2. The maximum Gasteiger partial charge on any atom is 0.132 e. The fourth-order valence-electron chi connectivity index (χ4n) is 2.27. The topological polar surface area (TPSA) is 47.1 Å². The molecule has 1 aromatic heterocycles. The van der Waals surface area contributed by atoms with Crippen LogP contribution >= 0.6 is 0 Å². The van der Waals surface area contributed by atoms with Gasteiger partial charge in [0.1, 0.15) is 5.82 Å². The Kier molecular flexibility index (Phi) is 2.19. The molecular formula is C13H16N4. The Morgan fingerprint density at radius 3 is 2.53 bits per heavy atom. The summed E-state index contributed by atoms with van der Waals surface area (Å²) in [6.07, 6.45) is 0. The Morgan fingerprint density at radius 1 is 1.18 bits per heavy atom. The van der Waals surface area contributed by atoms with E-state index in [0.29, 0.717) is 0 Å². The van der Waals surface area contributed by atoms with Gasteiger partial charge in [-0.2, -0.15) is 5.10 Å². The maximum atomic E-state index is 6.16. The first-order valence-corrected chi connectivity index (χ1v) is 5.77. The van der Waals surface area contributed by atoms with Crippen molar-refractivity contribution in [3.8, 4) is 5.69 Å². The van der Waals surface area contributed by atoms with E-state index in [1.54, 1.807) is 0 Å². The molecule has 2 aromatic rings. The summed E-state index contributed by atoms with van der Waals surface area (Å²) in [5.74, 6) is 0.771. The third-order valence-electron chi connectivity index (χ3n) is 3.23. The molecule has 0 saturated heterocycles. The lowest BCUT2D eigenvalue weighted by Gasteiger charge is -2.09. The summed E-state index contributed by atoms with van der Waals surface area (Å²) in [4.78, 5) is 2.22. The van der Waals surface area contributed by atoms with E-state index < -0.39 is 0 Å². The number of fused-ring (bicyclic) bond motifs is 1. The summed E-state index contributed by atoms with van der Waals surface area (Å²) in [5, 5.41) is 4.59. The van der Waals surface area contributed by atoms with Crippen LogP contribution in [0, 0.1) is 6.92 Å². The molecule has 0 bridgehead atoms. The summed E-state index contributed by atoms with van der Waals surface area (Å²) >= 11 is 0. The fraction of sp³-hybridized carbons (Fsp3) is 0.308. The van der Waals surface area contributed by atoms with E-state index >= 15 is 0 Å². The van der Waals surface area contributed by atoms with Crippen molar-refractivity contribution in [2.24, 2.45) is 0 Å². The molecule has 3 rings (SSSR count). The molecule has 2 N–H and O–H groups in total. The van der Waals surface area contributed by atoms with Gasteiger partial charge < -0.3 is 5.73 Å². The van der Waals surface area contributed by atoms with Crippen LogP contribution in [0.5, 0.6) is 0 Å². The quantitative estimate of drug-likeness (QED) is 0.808. The zero-order valence-electron chi connectivity index (χ0n) is 10.1. The number of nitrogens with two attached hydrogens (primary N) is 1. The third kappa shape index (κ3) is 1.61. The highest BCUT2D eigenvalue weighted by Gasteiger charge is 2.24. The average Bonchev–Trinajstić information content (AvgIpc) is 2.79. The van der Waals surface area contributed by atoms with Gasteiger partial charge in [0, 0.05) is 18.7 Å². The predicted molar refractivity (Wildman–Crippen MR) is 67.9 cm³/mol.